The lowest BCUT2D eigenvalue weighted by atomic mass is 10.2. The maximum Gasteiger partial charge on any atom is 0.116 e. The van der Waals surface area contributed by atoms with Crippen LogP contribution in [0.4, 0.5) is 0 Å². The average molecular weight is 182 g/mol. The number of nitrogens with zero attached hydrogens (tertiary/aromatic N) is 1. The molecule has 1 heterocycles. The van der Waals surface area contributed by atoms with Gasteiger partial charge in [-0.15, -0.1) is 11.3 Å². The van der Waals surface area contributed by atoms with E-state index in [0.29, 0.717) is 6.54 Å². The van der Waals surface area contributed by atoms with Gasteiger partial charge in [-0.05, 0) is 19.4 Å². The van der Waals surface area contributed by atoms with Crippen molar-refractivity contribution in [2.75, 3.05) is 6.54 Å². The minimum Gasteiger partial charge on any atom is -0.327 e. The second-order valence-electron chi connectivity index (χ2n) is 2.67. The number of nitrogens with two attached hydrogens (primary N) is 1. The van der Waals surface area contributed by atoms with Gasteiger partial charge in [-0.25, -0.2) is 4.98 Å². The molecule has 3 heteroatoms. The first kappa shape index (κ1) is 9.42. The summed E-state index contributed by atoms with van der Waals surface area (Å²) in [6.07, 6.45) is 4.98. The average Bonchev–Trinajstić information content (AvgIpc) is 2.47. The van der Waals surface area contributed by atoms with Crippen LogP contribution in [0.15, 0.2) is 11.8 Å². The number of thiazole rings is 1. The third-order valence-corrected chi connectivity index (χ3v) is 2.54. The number of rotatable bonds is 3. The Kier molecular flexibility index (Phi) is 3.44. The molecular weight excluding hydrogens is 168 g/mol. The lowest BCUT2D eigenvalue weighted by Crippen LogP contribution is -2.01. The van der Waals surface area contributed by atoms with Gasteiger partial charge in [0.15, 0.2) is 0 Å². The zero-order valence-electron chi connectivity index (χ0n) is 7.50. The van der Waals surface area contributed by atoms with E-state index in [1.165, 1.54) is 10.5 Å². The predicted octanol–water partition coefficient (Wildman–Crippen LogP) is 2.20. The third-order valence-electron chi connectivity index (χ3n) is 1.68. The van der Waals surface area contributed by atoms with Gasteiger partial charge in [0.2, 0.25) is 0 Å². The van der Waals surface area contributed by atoms with E-state index >= 15 is 0 Å². The molecule has 1 aromatic heterocycles. The fraction of sp³-hybridized carbons (Fsp3) is 0.444. The summed E-state index contributed by atoms with van der Waals surface area (Å²) in [5.41, 5.74) is 6.80. The molecule has 0 aliphatic heterocycles. The van der Waals surface area contributed by atoms with Gasteiger partial charge in [0, 0.05) is 17.6 Å². The van der Waals surface area contributed by atoms with Crippen LogP contribution in [-0.2, 0) is 0 Å². The smallest absolute Gasteiger partial charge is 0.116 e. The highest BCUT2D eigenvalue weighted by Gasteiger charge is 1.96. The third kappa shape index (κ3) is 2.43. The summed E-state index contributed by atoms with van der Waals surface area (Å²) in [6, 6.07) is 0. The van der Waals surface area contributed by atoms with Crippen molar-refractivity contribution in [2.24, 2.45) is 5.73 Å². The molecule has 0 saturated carbocycles. The highest BCUT2D eigenvalue weighted by molar-refractivity contribution is 7.12. The minimum absolute atomic E-state index is 0.634. The molecule has 0 spiro atoms. The zero-order valence-corrected chi connectivity index (χ0v) is 8.32. The van der Waals surface area contributed by atoms with Crippen LogP contribution in [-0.4, -0.2) is 11.5 Å². The molecule has 0 fully saturated rings. The topological polar surface area (TPSA) is 38.9 Å². The maximum atomic E-state index is 5.55. The van der Waals surface area contributed by atoms with Crippen molar-refractivity contribution >= 4 is 17.4 Å². The normalized spacial score (nSPS) is 12.1. The number of aromatic nitrogens is 1. The van der Waals surface area contributed by atoms with Gasteiger partial charge in [-0.1, -0.05) is 12.5 Å². The Balaban J connectivity index is 2.78. The molecule has 1 rings (SSSR count). The van der Waals surface area contributed by atoms with E-state index in [-0.39, 0.29) is 0 Å². The first-order chi connectivity index (χ1) is 5.76. The molecule has 0 unspecified atom stereocenters. The van der Waals surface area contributed by atoms with Crippen LogP contribution in [0.5, 0.6) is 0 Å². The lowest BCUT2D eigenvalue weighted by Gasteiger charge is -1.96. The van der Waals surface area contributed by atoms with Crippen molar-refractivity contribution in [3.63, 3.8) is 0 Å². The van der Waals surface area contributed by atoms with Crippen molar-refractivity contribution in [1.29, 1.82) is 0 Å². The van der Waals surface area contributed by atoms with Crippen LogP contribution in [0.1, 0.15) is 23.2 Å². The molecule has 0 atom stereocenters. The summed E-state index contributed by atoms with van der Waals surface area (Å²) in [4.78, 5) is 5.48. The van der Waals surface area contributed by atoms with Gasteiger partial charge in [0.1, 0.15) is 5.01 Å². The van der Waals surface area contributed by atoms with Crippen molar-refractivity contribution in [3.05, 3.63) is 21.7 Å². The second kappa shape index (κ2) is 4.38. The second-order valence-corrected chi connectivity index (χ2v) is 3.94. The SMILES string of the molecule is CC/C(=C/c1ncc(C)s1)CN. The molecule has 0 radical (unpaired) electrons. The Morgan fingerprint density at radius 1 is 1.75 bits per heavy atom. The molecule has 0 aliphatic rings. The fourth-order valence-corrected chi connectivity index (χ4v) is 1.69. The summed E-state index contributed by atoms with van der Waals surface area (Å²) in [5, 5.41) is 1.06. The first-order valence-corrected chi connectivity index (χ1v) is 4.90. The summed E-state index contributed by atoms with van der Waals surface area (Å²) in [5.74, 6) is 0. The van der Waals surface area contributed by atoms with E-state index < -0.39 is 0 Å². The van der Waals surface area contributed by atoms with Crippen LogP contribution in [0.2, 0.25) is 0 Å². The van der Waals surface area contributed by atoms with Crippen LogP contribution < -0.4 is 5.73 Å². The fourth-order valence-electron chi connectivity index (χ4n) is 0.919. The Morgan fingerprint density at radius 2 is 2.50 bits per heavy atom. The number of hydrogen-bond acceptors (Lipinski definition) is 3. The van der Waals surface area contributed by atoms with Gasteiger partial charge in [0.05, 0.1) is 0 Å². The minimum atomic E-state index is 0.634. The molecule has 2 nitrogen and oxygen atoms in total. The molecule has 0 aliphatic carbocycles. The van der Waals surface area contributed by atoms with Crippen LogP contribution >= 0.6 is 11.3 Å². The molecular formula is C9H14N2S. The highest BCUT2D eigenvalue weighted by atomic mass is 32.1. The standard InChI is InChI=1S/C9H14N2S/c1-3-8(5-10)4-9-11-6-7(2)12-9/h4,6H,3,5,10H2,1-2H3/b8-4-. The van der Waals surface area contributed by atoms with E-state index in [9.17, 15) is 0 Å². The summed E-state index contributed by atoms with van der Waals surface area (Å²) in [7, 11) is 0. The number of hydrogen-bond donors (Lipinski definition) is 1. The maximum absolute atomic E-state index is 5.55. The molecule has 2 N–H and O–H groups in total. The van der Waals surface area contributed by atoms with Crippen molar-refractivity contribution in [3.8, 4) is 0 Å². The van der Waals surface area contributed by atoms with Crippen LogP contribution in [0.25, 0.3) is 6.08 Å². The molecule has 0 saturated heterocycles. The quantitative estimate of drug-likeness (QED) is 0.778. The molecule has 1 aromatic rings. The number of aryl methyl sites for hydroxylation is 1. The molecule has 0 amide bonds. The lowest BCUT2D eigenvalue weighted by molar-refractivity contribution is 1.02. The zero-order chi connectivity index (χ0) is 8.97. The van der Waals surface area contributed by atoms with Crippen molar-refractivity contribution in [1.82, 2.24) is 4.98 Å². The first-order valence-electron chi connectivity index (χ1n) is 4.08. The van der Waals surface area contributed by atoms with Crippen molar-refractivity contribution < 1.29 is 0 Å². The summed E-state index contributed by atoms with van der Waals surface area (Å²) < 4.78 is 0. The van der Waals surface area contributed by atoms with E-state index in [1.54, 1.807) is 11.3 Å². The Labute approximate surface area is 77.1 Å². The largest absolute Gasteiger partial charge is 0.327 e. The van der Waals surface area contributed by atoms with Crippen LogP contribution in [0, 0.1) is 6.92 Å². The monoisotopic (exact) mass is 182 g/mol. The molecule has 66 valence electrons. The summed E-state index contributed by atoms with van der Waals surface area (Å²) in [6.45, 7) is 4.80. The Morgan fingerprint density at radius 3 is 2.92 bits per heavy atom. The van der Waals surface area contributed by atoms with Gasteiger partial charge in [-0.3, -0.25) is 0 Å². The summed E-state index contributed by atoms with van der Waals surface area (Å²) >= 11 is 1.70. The predicted molar refractivity (Wildman–Crippen MR) is 54.2 cm³/mol. The van der Waals surface area contributed by atoms with Crippen molar-refractivity contribution in [2.45, 2.75) is 20.3 Å². The van der Waals surface area contributed by atoms with Gasteiger partial charge < -0.3 is 5.73 Å². The molecule has 12 heavy (non-hydrogen) atoms. The highest BCUT2D eigenvalue weighted by Crippen LogP contribution is 2.15. The van der Waals surface area contributed by atoms with Gasteiger partial charge in [0.25, 0.3) is 0 Å². The van der Waals surface area contributed by atoms with E-state index in [4.69, 9.17) is 5.73 Å². The van der Waals surface area contributed by atoms with E-state index in [1.807, 2.05) is 6.20 Å². The molecule has 0 aromatic carbocycles. The van der Waals surface area contributed by atoms with E-state index in [0.717, 1.165) is 11.4 Å². The Bertz CT molecular complexity index is 270. The molecule has 0 bridgehead atoms. The van der Waals surface area contributed by atoms with Crippen LogP contribution in [0.3, 0.4) is 0 Å². The van der Waals surface area contributed by atoms with E-state index in [2.05, 4.69) is 24.9 Å². The van der Waals surface area contributed by atoms with Gasteiger partial charge in [-0.2, -0.15) is 0 Å². The van der Waals surface area contributed by atoms with Gasteiger partial charge >= 0.3 is 0 Å². The Hall–Kier alpha value is -0.670.